The Hall–Kier alpha value is -0.338. The predicted molar refractivity (Wildman–Crippen MR) is 69.5 cm³/mol. The Balaban J connectivity index is -0.000000107. The molecule has 0 unspecified atom stereocenters. The van der Waals surface area contributed by atoms with Gasteiger partial charge in [0.15, 0.2) is 0 Å². The predicted octanol–water partition coefficient (Wildman–Crippen LogP) is 2.45. The fourth-order valence-corrected chi connectivity index (χ4v) is 1.16. The molecule has 2 rings (SSSR count). The first-order chi connectivity index (χ1) is 7.58. The first kappa shape index (κ1) is 20.0. The molecule has 100 valence electrons. The third-order valence-electron chi connectivity index (χ3n) is 1.66. The average Bonchev–Trinajstić information content (AvgIpc) is 2.28. The van der Waals surface area contributed by atoms with Crippen molar-refractivity contribution in [2.45, 2.75) is 9.79 Å². The summed E-state index contributed by atoms with van der Waals surface area (Å²) in [6, 6.07) is 12.7. The van der Waals surface area contributed by atoms with Crippen LogP contribution in [-0.2, 0) is 62.7 Å². The van der Waals surface area contributed by atoms with Crippen molar-refractivity contribution in [3.8, 4) is 11.5 Å². The number of benzene rings is 2. The Bertz CT molecular complexity index is 359. The van der Waals surface area contributed by atoms with Gasteiger partial charge in [0.2, 0.25) is 0 Å². The van der Waals surface area contributed by atoms with Crippen molar-refractivity contribution in [3.63, 3.8) is 0 Å². The summed E-state index contributed by atoms with van der Waals surface area (Å²) in [6.07, 6.45) is 0. The van der Waals surface area contributed by atoms with Gasteiger partial charge in [-0.05, 0) is 12.1 Å². The van der Waals surface area contributed by atoms with E-state index in [0.717, 1.165) is 4.90 Å². The molecule has 18 heavy (non-hydrogen) atoms. The van der Waals surface area contributed by atoms with Crippen LogP contribution in [0.2, 0.25) is 0 Å². The summed E-state index contributed by atoms with van der Waals surface area (Å²) in [5.41, 5.74) is 0. The minimum Gasteiger partial charge on any atom is -0.872 e. The molecule has 6 heteroatoms. The zero-order valence-corrected chi connectivity index (χ0v) is 14.6. The van der Waals surface area contributed by atoms with Crippen LogP contribution in [0.15, 0.2) is 58.3 Å². The van der Waals surface area contributed by atoms with Crippen LogP contribution >= 0.6 is 0 Å². The molecule has 2 aromatic carbocycles. The molecule has 0 fully saturated rings. The van der Waals surface area contributed by atoms with Crippen molar-refractivity contribution in [1.29, 1.82) is 0 Å². The Morgan fingerprint density at radius 3 is 1.44 bits per heavy atom. The van der Waals surface area contributed by atoms with Crippen molar-refractivity contribution in [2.75, 3.05) is 0 Å². The van der Waals surface area contributed by atoms with Gasteiger partial charge < -0.3 is 35.5 Å². The average molecular weight is 495 g/mol. The summed E-state index contributed by atoms with van der Waals surface area (Å²) < 4.78 is 0. The minimum atomic E-state index is 0. The summed E-state index contributed by atoms with van der Waals surface area (Å²) in [6.45, 7) is 0. The second kappa shape index (κ2) is 10.6. The Labute approximate surface area is 145 Å². The van der Waals surface area contributed by atoms with E-state index in [-0.39, 0.29) is 51.8 Å². The molecule has 2 radical (unpaired) electrons. The van der Waals surface area contributed by atoms with Gasteiger partial charge in [0.05, 0.1) is 0 Å². The van der Waals surface area contributed by atoms with E-state index in [9.17, 15) is 5.11 Å². The van der Waals surface area contributed by atoms with Crippen LogP contribution in [0.1, 0.15) is 2.85 Å². The smallest absolute Gasteiger partial charge is 0.872 e. The van der Waals surface area contributed by atoms with Crippen molar-refractivity contribution in [3.05, 3.63) is 48.5 Å². The van der Waals surface area contributed by atoms with Gasteiger partial charge in [-0.15, -0.1) is 5.75 Å². The van der Waals surface area contributed by atoms with E-state index in [4.69, 9.17) is 30.4 Å². The molecular weight excluding hydrogens is 481 g/mol. The monoisotopic (exact) mass is 495 g/mol. The number of rotatable bonds is 0. The van der Waals surface area contributed by atoms with Crippen molar-refractivity contribution in [2.24, 2.45) is 0 Å². The van der Waals surface area contributed by atoms with Crippen LogP contribution in [0, 0.1) is 0 Å². The number of hydrogen-bond donors (Lipinski definition) is 1. The van der Waals surface area contributed by atoms with E-state index in [1.54, 1.807) is 36.4 Å². The van der Waals surface area contributed by atoms with E-state index in [1.165, 1.54) is 12.1 Å². The Morgan fingerprint density at radius 2 is 1.17 bits per heavy atom. The topological polar surface area (TPSA) is 43.3 Å². The van der Waals surface area contributed by atoms with Crippen LogP contribution in [0.25, 0.3) is 0 Å². The van der Waals surface area contributed by atoms with Crippen molar-refractivity contribution < 1.29 is 50.6 Å². The van der Waals surface area contributed by atoms with Gasteiger partial charge in [0, 0.05) is 23.3 Å². The zero-order chi connectivity index (χ0) is 12.0. The second-order valence-corrected chi connectivity index (χ2v) is 3.91. The summed E-state index contributed by atoms with van der Waals surface area (Å²) in [5, 5.41) is 19.1. The maximum atomic E-state index is 10.4. The molecule has 0 aliphatic carbocycles. The summed E-state index contributed by atoms with van der Waals surface area (Å²) in [7, 11) is 0. The molecule has 0 saturated heterocycles. The van der Waals surface area contributed by atoms with Gasteiger partial charge in [-0.1, -0.05) is 36.4 Å². The molecule has 2 aromatic rings. The van der Waals surface area contributed by atoms with Crippen LogP contribution in [0.4, 0.5) is 0 Å². The van der Waals surface area contributed by atoms with Crippen LogP contribution in [0.3, 0.4) is 0 Å². The molecular formula is C12H13MnO2ReS2-. The first-order valence-corrected chi connectivity index (χ1v) is 5.30. The van der Waals surface area contributed by atoms with Gasteiger partial charge in [0.1, 0.15) is 5.75 Å². The van der Waals surface area contributed by atoms with Gasteiger partial charge in [0.25, 0.3) is 0 Å². The largest absolute Gasteiger partial charge is 2.00 e. The fraction of sp³-hybridized carbons (Fsp3) is 0. The number of phenols is 1. The maximum absolute atomic E-state index is 10.4. The third kappa shape index (κ3) is 8.71. The standard InChI is InChI=1S/2C6H6OS.Mn.Re.2H2/c2*7-5-1-3-6(8)4-2-5;;;;/h2*1-4,7-8H;;;2*1H/q;;+2;;;/p-3. The first-order valence-electron chi connectivity index (χ1n) is 4.48. The summed E-state index contributed by atoms with van der Waals surface area (Å²) in [5.74, 6) is 0.275. The van der Waals surface area contributed by atoms with Crippen molar-refractivity contribution >= 4 is 25.3 Å². The van der Waals surface area contributed by atoms with E-state index in [1.807, 2.05) is 0 Å². The van der Waals surface area contributed by atoms with Crippen LogP contribution < -0.4 is 5.11 Å². The molecule has 0 aromatic heterocycles. The Morgan fingerprint density at radius 1 is 0.833 bits per heavy atom. The molecule has 0 atom stereocenters. The molecule has 0 saturated carbocycles. The fourth-order valence-electron chi connectivity index (χ4n) is 0.886. The molecule has 1 N–H and O–H groups in total. The third-order valence-corrected chi connectivity index (χ3v) is 2.20. The maximum Gasteiger partial charge on any atom is 2.00 e. The van der Waals surface area contributed by atoms with Crippen LogP contribution in [0.5, 0.6) is 11.5 Å². The Kier molecular flexibility index (Phi) is 11.7. The molecule has 0 aliphatic rings. The van der Waals surface area contributed by atoms with Gasteiger partial charge in [-0.25, -0.2) is 0 Å². The van der Waals surface area contributed by atoms with Crippen LogP contribution in [-0.4, -0.2) is 5.11 Å². The van der Waals surface area contributed by atoms with Gasteiger partial charge in [-0.3, -0.25) is 0 Å². The van der Waals surface area contributed by atoms with E-state index >= 15 is 0 Å². The van der Waals surface area contributed by atoms with E-state index in [0.29, 0.717) is 4.90 Å². The van der Waals surface area contributed by atoms with Gasteiger partial charge in [-0.2, -0.15) is 9.79 Å². The quantitative estimate of drug-likeness (QED) is 0.452. The summed E-state index contributed by atoms with van der Waals surface area (Å²) in [4.78, 5) is 1.47. The molecule has 0 amide bonds. The SMILES string of the molecule is Oc1ccc([S-])cc1.[HH].[HH].[Mn+2].[O-]c1ccc([S-])cc1.[Re]. The second-order valence-electron chi connectivity index (χ2n) is 2.97. The summed E-state index contributed by atoms with van der Waals surface area (Å²) >= 11 is 9.49. The number of hydrogen-bond acceptors (Lipinski definition) is 4. The molecule has 0 spiro atoms. The van der Waals surface area contributed by atoms with Crippen molar-refractivity contribution in [1.82, 2.24) is 0 Å². The number of phenolic OH excluding ortho intramolecular Hbond substituents is 1. The number of aromatic hydroxyl groups is 1. The zero-order valence-electron chi connectivity index (χ0n) is 9.05. The van der Waals surface area contributed by atoms with E-state index < -0.39 is 0 Å². The minimum absolute atomic E-state index is 0. The molecule has 0 bridgehead atoms. The van der Waals surface area contributed by atoms with Gasteiger partial charge >= 0.3 is 17.1 Å². The molecule has 0 heterocycles. The molecule has 2 nitrogen and oxygen atoms in total. The normalized spacial score (nSPS) is 8.00. The van der Waals surface area contributed by atoms with E-state index in [2.05, 4.69) is 0 Å². The molecule has 0 aliphatic heterocycles.